The van der Waals surface area contributed by atoms with Crippen LogP contribution >= 0.6 is 0 Å². The third-order valence-electron chi connectivity index (χ3n) is 4.42. The Morgan fingerprint density at radius 1 is 0.750 bits per heavy atom. The fourth-order valence-electron chi connectivity index (χ4n) is 2.59. The van der Waals surface area contributed by atoms with Gasteiger partial charge in [0.05, 0.1) is 0 Å². The fourth-order valence-corrected chi connectivity index (χ4v) is 2.59. The minimum atomic E-state index is -1.82. The highest BCUT2D eigenvalue weighted by Gasteiger charge is 2.24. The number of rotatable bonds is 2. The Morgan fingerprint density at radius 3 is 1.34 bits per heavy atom. The summed E-state index contributed by atoms with van der Waals surface area (Å²) in [4.78, 5) is 18.2. The normalized spacial score (nSPS) is 19.6. The molecule has 174 valence electrons. The minimum Gasteiger partial charge on any atom is -0.486 e. The quantitative estimate of drug-likeness (QED) is 0.495. The van der Waals surface area contributed by atoms with Crippen molar-refractivity contribution < 1.29 is 38.7 Å². The summed E-state index contributed by atoms with van der Waals surface area (Å²) < 4.78 is 22.3. The molecule has 4 rings (SSSR count). The number of ether oxygens (including phenoxy) is 4. The smallest absolute Gasteiger partial charge is 0.414 e. The molecule has 4 atom stereocenters. The molecule has 0 aliphatic carbocycles. The van der Waals surface area contributed by atoms with Crippen LogP contribution in [0, 0.1) is 0 Å². The van der Waals surface area contributed by atoms with Crippen LogP contribution < -0.4 is 30.4 Å². The van der Waals surface area contributed by atoms with Crippen molar-refractivity contribution in [3.05, 3.63) is 48.5 Å². The molecule has 2 aromatic rings. The zero-order chi connectivity index (χ0) is 23.7. The molecule has 0 aromatic heterocycles. The SMILES string of the molecule is CC(N)C1COc2ccccc2O1.CC(N)C1COc2ccccc2O1.O=C(O)C(=O)O. The van der Waals surface area contributed by atoms with Crippen molar-refractivity contribution in [3.63, 3.8) is 0 Å². The molecule has 2 aromatic carbocycles. The van der Waals surface area contributed by atoms with Crippen LogP contribution in [0.4, 0.5) is 0 Å². The lowest BCUT2D eigenvalue weighted by Gasteiger charge is -2.28. The third-order valence-corrected chi connectivity index (χ3v) is 4.42. The molecule has 2 heterocycles. The van der Waals surface area contributed by atoms with E-state index in [4.69, 9.17) is 50.2 Å². The van der Waals surface area contributed by atoms with Gasteiger partial charge >= 0.3 is 11.9 Å². The van der Waals surface area contributed by atoms with Gasteiger partial charge in [-0.25, -0.2) is 9.59 Å². The third kappa shape index (κ3) is 7.33. The molecular weight excluding hydrogens is 420 g/mol. The Morgan fingerprint density at radius 2 is 1.06 bits per heavy atom. The lowest BCUT2D eigenvalue weighted by molar-refractivity contribution is -0.159. The summed E-state index contributed by atoms with van der Waals surface area (Å²) in [7, 11) is 0. The number of hydrogen-bond acceptors (Lipinski definition) is 8. The number of aliphatic carboxylic acids is 2. The number of carboxylic acid groups (broad SMARTS) is 2. The molecule has 0 saturated heterocycles. The number of fused-ring (bicyclic) bond motifs is 2. The van der Waals surface area contributed by atoms with Crippen LogP contribution in [0.15, 0.2) is 48.5 Å². The Bertz CT molecular complexity index is 830. The summed E-state index contributed by atoms with van der Waals surface area (Å²) in [6.07, 6.45) is -0.0650. The summed E-state index contributed by atoms with van der Waals surface area (Å²) in [5, 5.41) is 14.8. The second-order valence-electron chi connectivity index (χ2n) is 7.16. The van der Waals surface area contributed by atoms with Gasteiger partial charge in [-0.2, -0.15) is 0 Å². The van der Waals surface area contributed by atoms with Crippen LogP contribution in [0.2, 0.25) is 0 Å². The van der Waals surface area contributed by atoms with E-state index < -0.39 is 11.9 Å². The van der Waals surface area contributed by atoms with E-state index in [0.717, 1.165) is 23.0 Å². The Kier molecular flexibility index (Phi) is 9.11. The molecule has 0 fully saturated rings. The number of carboxylic acids is 2. The standard InChI is InChI=1S/2C10H13NO2.C2H2O4/c2*1-7(11)10-6-12-8-4-2-3-5-9(8)13-10;3-1(4)2(5)6/h2*2-5,7,10H,6,11H2,1H3;(H,3,4)(H,5,6). The van der Waals surface area contributed by atoms with Gasteiger partial charge in [0.1, 0.15) is 25.4 Å². The molecule has 0 saturated carbocycles. The summed E-state index contributed by atoms with van der Waals surface area (Å²) in [5.74, 6) is -0.462. The van der Waals surface area contributed by atoms with Gasteiger partial charge in [0, 0.05) is 12.1 Å². The van der Waals surface area contributed by atoms with Crippen molar-refractivity contribution in [1.29, 1.82) is 0 Å². The first-order chi connectivity index (χ1) is 15.2. The van der Waals surface area contributed by atoms with E-state index >= 15 is 0 Å². The Balaban J connectivity index is 0.000000183. The van der Waals surface area contributed by atoms with Crippen LogP contribution in [-0.4, -0.2) is 59.7 Å². The summed E-state index contributed by atoms with van der Waals surface area (Å²) in [6, 6.07) is 15.3. The summed E-state index contributed by atoms with van der Waals surface area (Å²) in [6.45, 7) is 4.91. The van der Waals surface area contributed by atoms with E-state index in [0.29, 0.717) is 13.2 Å². The van der Waals surface area contributed by atoms with Gasteiger partial charge in [-0.15, -0.1) is 0 Å². The molecule has 32 heavy (non-hydrogen) atoms. The van der Waals surface area contributed by atoms with E-state index in [1.165, 1.54) is 0 Å². The van der Waals surface area contributed by atoms with Crippen LogP contribution in [0.25, 0.3) is 0 Å². The van der Waals surface area contributed by atoms with Gasteiger partial charge in [0.2, 0.25) is 0 Å². The molecule has 0 radical (unpaired) electrons. The number of para-hydroxylation sites is 4. The highest BCUT2D eigenvalue weighted by molar-refractivity contribution is 6.27. The first kappa shape index (κ1) is 24.8. The van der Waals surface area contributed by atoms with Crippen LogP contribution in [0.1, 0.15) is 13.8 Å². The van der Waals surface area contributed by atoms with E-state index in [1.54, 1.807) is 0 Å². The number of carbonyl (C=O) groups is 2. The first-order valence-electron chi connectivity index (χ1n) is 9.93. The molecule has 10 nitrogen and oxygen atoms in total. The van der Waals surface area contributed by atoms with Crippen molar-refractivity contribution in [2.75, 3.05) is 13.2 Å². The minimum absolute atomic E-state index is 0.00615. The molecule has 6 N–H and O–H groups in total. The number of nitrogens with two attached hydrogens (primary N) is 2. The van der Waals surface area contributed by atoms with Crippen LogP contribution in [0.3, 0.4) is 0 Å². The Hall–Kier alpha value is -3.50. The second kappa shape index (κ2) is 11.8. The van der Waals surface area contributed by atoms with Gasteiger partial charge in [0.15, 0.2) is 23.0 Å². The van der Waals surface area contributed by atoms with Crippen LogP contribution in [-0.2, 0) is 9.59 Å². The average Bonchev–Trinajstić information content (AvgIpc) is 2.79. The Labute approximate surface area is 185 Å². The second-order valence-corrected chi connectivity index (χ2v) is 7.16. The van der Waals surface area contributed by atoms with Gasteiger partial charge < -0.3 is 40.6 Å². The maximum atomic E-state index is 9.10. The van der Waals surface area contributed by atoms with Crippen molar-refractivity contribution in [3.8, 4) is 23.0 Å². The van der Waals surface area contributed by atoms with Crippen molar-refractivity contribution in [2.45, 2.75) is 38.1 Å². The van der Waals surface area contributed by atoms with Crippen molar-refractivity contribution in [1.82, 2.24) is 0 Å². The average molecular weight is 448 g/mol. The lowest BCUT2D eigenvalue weighted by Crippen LogP contribution is -2.42. The lowest BCUT2D eigenvalue weighted by atomic mass is 10.2. The molecule has 0 amide bonds. The number of hydrogen-bond donors (Lipinski definition) is 4. The summed E-state index contributed by atoms with van der Waals surface area (Å²) in [5.41, 5.74) is 11.4. The van der Waals surface area contributed by atoms with Gasteiger partial charge in [-0.1, -0.05) is 24.3 Å². The van der Waals surface area contributed by atoms with E-state index in [2.05, 4.69) is 0 Å². The largest absolute Gasteiger partial charge is 0.486 e. The van der Waals surface area contributed by atoms with E-state index in [9.17, 15) is 0 Å². The molecular formula is C22H28N2O8. The molecule has 0 bridgehead atoms. The highest BCUT2D eigenvalue weighted by Crippen LogP contribution is 2.32. The van der Waals surface area contributed by atoms with Gasteiger partial charge in [0.25, 0.3) is 0 Å². The zero-order valence-electron chi connectivity index (χ0n) is 17.8. The van der Waals surface area contributed by atoms with Crippen LogP contribution in [0.5, 0.6) is 23.0 Å². The predicted octanol–water partition coefficient (Wildman–Crippen LogP) is 1.50. The monoisotopic (exact) mass is 448 g/mol. The van der Waals surface area contributed by atoms with E-state index in [-0.39, 0.29) is 24.3 Å². The number of benzene rings is 2. The molecule has 10 heteroatoms. The molecule has 0 spiro atoms. The maximum Gasteiger partial charge on any atom is 0.414 e. The van der Waals surface area contributed by atoms with Crippen molar-refractivity contribution >= 4 is 11.9 Å². The van der Waals surface area contributed by atoms with Crippen molar-refractivity contribution in [2.24, 2.45) is 11.5 Å². The maximum absolute atomic E-state index is 9.10. The summed E-state index contributed by atoms with van der Waals surface area (Å²) >= 11 is 0. The molecule has 2 aliphatic heterocycles. The predicted molar refractivity (Wildman–Crippen MR) is 115 cm³/mol. The topological polar surface area (TPSA) is 164 Å². The van der Waals surface area contributed by atoms with Gasteiger partial charge in [-0.3, -0.25) is 0 Å². The zero-order valence-corrected chi connectivity index (χ0v) is 17.8. The first-order valence-corrected chi connectivity index (χ1v) is 9.93. The molecule has 4 unspecified atom stereocenters. The van der Waals surface area contributed by atoms with E-state index in [1.807, 2.05) is 62.4 Å². The van der Waals surface area contributed by atoms with Gasteiger partial charge in [-0.05, 0) is 38.1 Å². The molecule has 2 aliphatic rings. The highest BCUT2D eigenvalue weighted by atomic mass is 16.6. The fraction of sp³-hybridized carbons (Fsp3) is 0.364.